The van der Waals surface area contributed by atoms with E-state index in [2.05, 4.69) is 9.97 Å². The zero-order chi connectivity index (χ0) is 18.4. The van der Waals surface area contributed by atoms with E-state index in [1.165, 1.54) is 6.26 Å². The smallest absolute Gasteiger partial charge is 0.152 e. The number of sulfone groups is 1. The molecule has 3 N–H and O–H groups in total. The van der Waals surface area contributed by atoms with E-state index in [4.69, 9.17) is 5.73 Å². The number of pyridine rings is 1. The first-order valence-electron chi connectivity index (χ1n) is 7.96. The predicted octanol–water partition coefficient (Wildman–Crippen LogP) is 1.52. The topological polar surface area (TPSA) is 111 Å². The highest BCUT2D eigenvalue weighted by Gasteiger charge is 2.18. The van der Waals surface area contributed by atoms with Crippen molar-refractivity contribution in [3.8, 4) is 0 Å². The summed E-state index contributed by atoms with van der Waals surface area (Å²) in [6.45, 7) is 3.83. The molecule has 7 nitrogen and oxygen atoms in total. The largest absolute Gasteiger partial charge is 0.389 e. The van der Waals surface area contributed by atoms with Crippen LogP contribution in [0.4, 0.5) is 5.82 Å². The summed E-state index contributed by atoms with van der Waals surface area (Å²) in [6, 6.07) is 5.66. The maximum absolute atomic E-state index is 11.4. The average molecular weight is 362 g/mol. The zero-order valence-corrected chi connectivity index (χ0v) is 15.3. The number of anilines is 1. The maximum Gasteiger partial charge on any atom is 0.152 e. The quantitative estimate of drug-likeness (QED) is 0.712. The Hall–Kier alpha value is -2.19. The summed E-state index contributed by atoms with van der Waals surface area (Å²) < 4.78 is 24.6. The third-order valence-corrected chi connectivity index (χ3v) is 4.90. The van der Waals surface area contributed by atoms with Crippen LogP contribution >= 0.6 is 0 Å². The first-order chi connectivity index (χ1) is 11.5. The number of benzene rings is 1. The SMILES string of the molecule is CC(C)(O)Cn1cnc2c(N)nc3cc(CCS(C)(=O)=O)ccc3c21. The van der Waals surface area contributed by atoms with Crippen LogP contribution in [0.25, 0.3) is 21.9 Å². The first-order valence-corrected chi connectivity index (χ1v) is 10.0. The summed E-state index contributed by atoms with van der Waals surface area (Å²) >= 11 is 0. The molecule has 0 saturated carbocycles. The first kappa shape index (κ1) is 17.6. The fraction of sp³-hybridized carbons (Fsp3) is 0.412. The van der Waals surface area contributed by atoms with Gasteiger partial charge in [0, 0.05) is 11.6 Å². The van der Waals surface area contributed by atoms with Crippen molar-refractivity contribution in [3.05, 3.63) is 30.1 Å². The van der Waals surface area contributed by atoms with Crippen molar-refractivity contribution in [2.45, 2.75) is 32.4 Å². The molecule has 0 spiro atoms. The van der Waals surface area contributed by atoms with Gasteiger partial charge in [-0.1, -0.05) is 12.1 Å². The predicted molar refractivity (Wildman–Crippen MR) is 99.2 cm³/mol. The number of hydrogen-bond acceptors (Lipinski definition) is 6. The number of fused-ring (bicyclic) bond motifs is 3. The van der Waals surface area contributed by atoms with E-state index in [1.807, 2.05) is 22.8 Å². The lowest BCUT2D eigenvalue weighted by Crippen LogP contribution is -2.25. The van der Waals surface area contributed by atoms with Crippen molar-refractivity contribution in [2.24, 2.45) is 0 Å². The second-order valence-corrected chi connectivity index (χ2v) is 9.37. The molecule has 1 aromatic carbocycles. The van der Waals surface area contributed by atoms with Crippen LogP contribution in [-0.2, 0) is 22.8 Å². The van der Waals surface area contributed by atoms with Crippen LogP contribution in [0.2, 0.25) is 0 Å². The van der Waals surface area contributed by atoms with E-state index in [0.29, 0.717) is 29.8 Å². The molecule has 2 aromatic heterocycles. The molecular formula is C17H22N4O3S. The molecule has 0 aliphatic rings. The summed E-state index contributed by atoms with van der Waals surface area (Å²) in [5.41, 5.74) is 8.14. The molecular weight excluding hydrogens is 340 g/mol. The molecule has 0 radical (unpaired) electrons. The number of imidazole rings is 1. The lowest BCUT2D eigenvalue weighted by Gasteiger charge is -2.18. The van der Waals surface area contributed by atoms with Crippen LogP contribution in [0.5, 0.6) is 0 Å². The van der Waals surface area contributed by atoms with E-state index < -0.39 is 15.4 Å². The molecule has 8 heteroatoms. The Morgan fingerprint density at radius 3 is 2.68 bits per heavy atom. The molecule has 0 aliphatic carbocycles. The molecule has 0 fully saturated rings. The van der Waals surface area contributed by atoms with Gasteiger partial charge in [0.15, 0.2) is 5.82 Å². The van der Waals surface area contributed by atoms with Gasteiger partial charge in [0.1, 0.15) is 15.4 Å². The van der Waals surface area contributed by atoms with E-state index in [1.54, 1.807) is 20.2 Å². The van der Waals surface area contributed by atoms with E-state index in [0.717, 1.165) is 16.5 Å². The maximum atomic E-state index is 11.4. The van der Waals surface area contributed by atoms with Crippen molar-refractivity contribution in [1.82, 2.24) is 14.5 Å². The molecule has 0 saturated heterocycles. The molecule has 3 rings (SSSR count). The number of nitrogens with two attached hydrogens (primary N) is 1. The highest BCUT2D eigenvalue weighted by atomic mass is 32.2. The van der Waals surface area contributed by atoms with Gasteiger partial charge < -0.3 is 15.4 Å². The van der Waals surface area contributed by atoms with Gasteiger partial charge in [-0.25, -0.2) is 18.4 Å². The monoisotopic (exact) mass is 362 g/mol. The molecule has 0 unspecified atom stereocenters. The van der Waals surface area contributed by atoms with Crippen molar-refractivity contribution in [3.63, 3.8) is 0 Å². The molecule has 134 valence electrons. The average Bonchev–Trinajstić information content (AvgIpc) is 2.87. The Labute approximate surface area is 146 Å². The molecule has 25 heavy (non-hydrogen) atoms. The minimum absolute atomic E-state index is 0.0901. The van der Waals surface area contributed by atoms with Gasteiger partial charge in [0.2, 0.25) is 0 Å². The molecule has 0 bridgehead atoms. The van der Waals surface area contributed by atoms with Gasteiger partial charge in [-0.2, -0.15) is 0 Å². The minimum Gasteiger partial charge on any atom is -0.389 e. The summed E-state index contributed by atoms with van der Waals surface area (Å²) in [6.07, 6.45) is 3.30. The number of rotatable bonds is 5. The Kier molecular flexibility index (Phi) is 4.20. The number of nitrogens with zero attached hydrogens (tertiary/aromatic N) is 3. The van der Waals surface area contributed by atoms with Gasteiger partial charge in [-0.05, 0) is 31.9 Å². The zero-order valence-electron chi connectivity index (χ0n) is 14.5. The van der Waals surface area contributed by atoms with Crippen LogP contribution < -0.4 is 5.73 Å². The lowest BCUT2D eigenvalue weighted by molar-refractivity contribution is 0.0627. The third-order valence-electron chi connectivity index (χ3n) is 3.96. The van der Waals surface area contributed by atoms with Gasteiger partial charge in [-0.15, -0.1) is 0 Å². The van der Waals surface area contributed by atoms with Crippen molar-refractivity contribution in [2.75, 3.05) is 17.7 Å². The number of nitrogen functional groups attached to an aromatic ring is 1. The summed E-state index contributed by atoms with van der Waals surface area (Å²) in [5, 5.41) is 11.0. The van der Waals surface area contributed by atoms with Crippen molar-refractivity contribution >= 4 is 37.6 Å². The van der Waals surface area contributed by atoms with E-state index in [9.17, 15) is 13.5 Å². The van der Waals surface area contributed by atoms with Crippen LogP contribution in [0.1, 0.15) is 19.4 Å². The molecule has 0 aliphatic heterocycles. The Morgan fingerprint density at radius 1 is 1.32 bits per heavy atom. The van der Waals surface area contributed by atoms with Crippen LogP contribution in [0, 0.1) is 0 Å². The Balaban J connectivity index is 2.13. The van der Waals surface area contributed by atoms with Crippen molar-refractivity contribution < 1.29 is 13.5 Å². The summed E-state index contributed by atoms with van der Waals surface area (Å²) in [4.78, 5) is 8.74. The molecule has 2 heterocycles. The van der Waals surface area contributed by atoms with Gasteiger partial charge >= 0.3 is 0 Å². The fourth-order valence-electron chi connectivity index (χ4n) is 2.90. The normalized spacial score (nSPS) is 13.0. The van der Waals surface area contributed by atoms with Gasteiger partial charge in [0.05, 0.1) is 35.3 Å². The standard InChI is InChI=1S/C17H22N4O3S/c1-17(2,22)9-21-10-19-14-15(21)12-5-4-11(6-7-25(3,23)24)8-13(12)20-16(14)18/h4-5,8,10,22H,6-7,9H2,1-3H3,(H2,18,20). The van der Waals surface area contributed by atoms with Gasteiger partial charge in [-0.3, -0.25) is 0 Å². The summed E-state index contributed by atoms with van der Waals surface area (Å²) in [7, 11) is -3.02. The van der Waals surface area contributed by atoms with Crippen LogP contribution in [-0.4, -0.2) is 45.7 Å². The number of aryl methyl sites for hydroxylation is 1. The van der Waals surface area contributed by atoms with E-state index >= 15 is 0 Å². The third kappa shape index (κ3) is 3.91. The highest BCUT2D eigenvalue weighted by molar-refractivity contribution is 7.90. The number of hydrogen-bond donors (Lipinski definition) is 2. The minimum atomic E-state index is -3.02. The Bertz CT molecular complexity index is 1050. The summed E-state index contributed by atoms with van der Waals surface area (Å²) in [5.74, 6) is 0.407. The van der Waals surface area contributed by atoms with Gasteiger partial charge in [0.25, 0.3) is 0 Å². The number of aliphatic hydroxyl groups is 1. The fourth-order valence-corrected chi connectivity index (χ4v) is 3.51. The second kappa shape index (κ2) is 5.96. The van der Waals surface area contributed by atoms with Crippen LogP contribution in [0.3, 0.4) is 0 Å². The van der Waals surface area contributed by atoms with Crippen LogP contribution in [0.15, 0.2) is 24.5 Å². The number of aromatic nitrogens is 3. The van der Waals surface area contributed by atoms with Crippen molar-refractivity contribution in [1.29, 1.82) is 0 Å². The molecule has 3 aromatic rings. The second-order valence-electron chi connectivity index (χ2n) is 7.11. The highest BCUT2D eigenvalue weighted by Crippen LogP contribution is 2.28. The molecule has 0 atom stereocenters. The Morgan fingerprint density at radius 2 is 2.04 bits per heavy atom. The van der Waals surface area contributed by atoms with E-state index in [-0.39, 0.29) is 5.75 Å². The lowest BCUT2D eigenvalue weighted by atomic mass is 10.1. The molecule has 0 amide bonds.